The molecule has 10 nitrogen and oxygen atoms in total. The van der Waals surface area contributed by atoms with Crippen LogP contribution in [0.3, 0.4) is 0 Å². The number of primary amides is 1. The largest absolute Gasteiger partial charge is 0.491 e. The Morgan fingerprint density at radius 3 is 2.84 bits per heavy atom. The minimum Gasteiger partial charge on any atom is -0.491 e. The van der Waals surface area contributed by atoms with Crippen molar-refractivity contribution in [3.8, 4) is 17.1 Å². The molecule has 4 rings (SSSR count). The summed E-state index contributed by atoms with van der Waals surface area (Å²) in [4.78, 5) is 29.1. The summed E-state index contributed by atoms with van der Waals surface area (Å²) in [5.41, 5.74) is 6.66. The normalized spacial score (nSPS) is 19.5. The molecule has 0 aliphatic carbocycles. The Kier molecular flexibility index (Phi) is 5.87. The lowest BCUT2D eigenvalue weighted by atomic mass is 10.1. The van der Waals surface area contributed by atoms with Crippen LogP contribution in [0.4, 0.5) is 25.1 Å². The van der Waals surface area contributed by atoms with Crippen molar-refractivity contribution in [3.05, 3.63) is 24.4 Å². The van der Waals surface area contributed by atoms with E-state index >= 15 is 0 Å². The number of benzene rings is 1. The zero-order valence-electron chi connectivity index (χ0n) is 17.5. The number of fused-ring (bicyclic) bond motifs is 3. The fourth-order valence-electron chi connectivity index (χ4n) is 3.69. The third-order valence-corrected chi connectivity index (χ3v) is 5.49. The van der Waals surface area contributed by atoms with E-state index in [0.29, 0.717) is 29.4 Å². The molecule has 2 aliphatic rings. The van der Waals surface area contributed by atoms with Crippen molar-refractivity contribution in [1.29, 1.82) is 0 Å². The van der Waals surface area contributed by atoms with Gasteiger partial charge in [-0.1, -0.05) is 0 Å². The number of halogens is 2. The number of nitrogens with zero attached hydrogens (tertiary/aromatic N) is 3. The van der Waals surface area contributed by atoms with Crippen molar-refractivity contribution in [1.82, 2.24) is 9.55 Å². The van der Waals surface area contributed by atoms with Crippen LogP contribution in [0.5, 0.6) is 5.75 Å². The molecule has 0 spiro atoms. The Labute approximate surface area is 182 Å². The molecule has 0 saturated carbocycles. The number of nitrogens with two attached hydrogens (primary N) is 1. The summed E-state index contributed by atoms with van der Waals surface area (Å²) in [7, 11) is 1.48. The van der Waals surface area contributed by atoms with Gasteiger partial charge in [-0.2, -0.15) is 0 Å². The van der Waals surface area contributed by atoms with E-state index in [1.165, 1.54) is 13.3 Å². The quantitative estimate of drug-likeness (QED) is 0.659. The van der Waals surface area contributed by atoms with Crippen molar-refractivity contribution < 1.29 is 32.6 Å². The summed E-state index contributed by atoms with van der Waals surface area (Å²) in [6, 6.07) is 3.00. The maximum atomic E-state index is 13.3. The molecule has 0 bridgehead atoms. The number of anilines is 2. The van der Waals surface area contributed by atoms with E-state index in [2.05, 4.69) is 10.3 Å². The van der Waals surface area contributed by atoms with E-state index in [-0.39, 0.29) is 12.4 Å². The number of ether oxygens (including phenoxy) is 3. The molecule has 1 saturated heterocycles. The van der Waals surface area contributed by atoms with Crippen LogP contribution >= 0.6 is 0 Å². The predicted octanol–water partition coefficient (Wildman–Crippen LogP) is 1.83. The van der Waals surface area contributed by atoms with Gasteiger partial charge in [-0.15, -0.1) is 0 Å². The maximum Gasteiger partial charge on any atom is 0.416 e. The Bertz CT molecular complexity index is 1030. The molecule has 12 heteroatoms. The number of cyclic esters (lactones) is 1. The van der Waals surface area contributed by atoms with Crippen LogP contribution < -0.4 is 20.7 Å². The summed E-state index contributed by atoms with van der Waals surface area (Å²) in [6.45, 7) is 2.01. The molecular formula is C20H23F2N5O5. The Morgan fingerprint density at radius 2 is 2.16 bits per heavy atom. The molecule has 3 N–H and O–H groups in total. The summed E-state index contributed by atoms with van der Waals surface area (Å²) >= 11 is 0. The molecule has 2 aliphatic heterocycles. The summed E-state index contributed by atoms with van der Waals surface area (Å²) in [5, 5.41) is 3.04. The zero-order chi connectivity index (χ0) is 23.0. The lowest BCUT2D eigenvalue weighted by molar-refractivity contribution is -0.121. The molecule has 1 fully saturated rings. The van der Waals surface area contributed by atoms with Gasteiger partial charge in [0.05, 0.1) is 18.2 Å². The molecule has 172 valence electrons. The standard InChI is InChI=1S/C20H23F2N5O5/c1-10(30-2)16(18(23)28)24-11-3-4-12-14(7-11)31-6-5-26-8-15(25-19(12)26)27-13(17(21)22)9-32-20(27)29/h3-4,7-8,10,13,16-17,24H,5-6,9H2,1-2H3,(H2,23,28)/t10-,13?,16-/m0/s1. The van der Waals surface area contributed by atoms with Crippen molar-refractivity contribution in [2.24, 2.45) is 5.73 Å². The third kappa shape index (κ3) is 3.93. The number of hydrogen-bond acceptors (Lipinski definition) is 7. The summed E-state index contributed by atoms with van der Waals surface area (Å²) in [5.74, 6) is 0.462. The van der Waals surface area contributed by atoms with Crippen LogP contribution in [0.15, 0.2) is 24.4 Å². The number of imidazole rings is 1. The smallest absolute Gasteiger partial charge is 0.416 e. The Balaban J connectivity index is 1.66. The Hall–Kier alpha value is -3.41. The lowest BCUT2D eigenvalue weighted by Crippen LogP contribution is -2.44. The first-order chi connectivity index (χ1) is 15.3. The molecule has 1 aromatic heterocycles. The van der Waals surface area contributed by atoms with Crippen LogP contribution in [-0.2, 0) is 20.8 Å². The van der Waals surface area contributed by atoms with E-state index in [9.17, 15) is 18.4 Å². The van der Waals surface area contributed by atoms with E-state index in [4.69, 9.17) is 19.9 Å². The summed E-state index contributed by atoms with van der Waals surface area (Å²) in [6.07, 6.45) is -2.55. The number of carbonyl (C=O) groups is 2. The molecule has 3 heterocycles. The molecular weight excluding hydrogens is 428 g/mol. The number of rotatable bonds is 7. The van der Waals surface area contributed by atoms with Crippen LogP contribution in [-0.4, -0.2) is 66.5 Å². The number of hydrogen-bond donors (Lipinski definition) is 2. The first-order valence-corrected chi connectivity index (χ1v) is 9.97. The maximum absolute atomic E-state index is 13.3. The van der Waals surface area contributed by atoms with E-state index in [1.54, 1.807) is 29.7 Å². The van der Waals surface area contributed by atoms with Gasteiger partial charge in [-0.3, -0.25) is 4.79 Å². The van der Waals surface area contributed by atoms with E-state index < -0.39 is 43.2 Å². The molecule has 1 aromatic carbocycles. The van der Waals surface area contributed by atoms with Gasteiger partial charge in [0.25, 0.3) is 6.43 Å². The van der Waals surface area contributed by atoms with Crippen LogP contribution in [0.2, 0.25) is 0 Å². The van der Waals surface area contributed by atoms with Gasteiger partial charge in [0.15, 0.2) is 5.82 Å². The molecule has 2 amide bonds. The number of amides is 2. The molecule has 3 atom stereocenters. The van der Waals surface area contributed by atoms with Crippen LogP contribution in [0.25, 0.3) is 11.4 Å². The van der Waals surface area contributed by atoms with Gasteiger partial charge in [-0.05, 0) is 19.1 Å². The van der Waals surface area contributed by atoms with E-state index in [0.717, 1.165) is 4.90 Å². The van der Waals surface area contributed by atoms with E-state index in [1.807, 2.05) is 0 Å². The fourth-order valence-corrected chi connectivity index (χ4v) is 3.69. The number of alkyl halides is 2. The van der Waals surface area contributed by atoms with Gasteiger partial charge >= 0.3 is 6.09 Å². The SMILES string of the molecule is CO[C@@H](C)[C@H](Nc1ccc2c(c1)OCCn1cc(N3C(=O)OCC3C(F)F)nc1-2)C(N)=O. The highest BCUT2D eigenvalue weighted by Crippen LogP contribution is 2.37. The highest BCUT2D eigenvalue weighted by Gasteiger charge is 2.42. The molecule has 1 unspecified atom stereocenters. The second-order valence-corrected chi connectivity index (χ2v) is 7.49. The second-order valence-electron chi connectivity index (χ2n) is 7.49. The van der Waals surface area contributed by atoms with Gasteiger partial charge in [-0.25, -0.2) is 23.5 Å². The van der Waals surface area contributed by atoms with Gasteiger partial charge in [0.2, 0.25) is 5.91 Å². The number of methoxy groups -OCH3 is 1. The first-order valence-electron chi connectivity index (χ1n) is 9.97. The van der Waals surface area contributed by atoms with Gasteiger partial charge < -0.3 is 29.8 Å². The minimum absolute atomic E-state index is 0.0885. The molecule has 2 aromatic rings. The zero-order valence-corrected chi connectivity index (χ0v) is 17.5. The second kappa shape index (κ2) is 8.61. The monoisotopic (exact) mass is 451 g/mol. The summed E-state index contributed by atoms with van der Waals surface area (Å²) < 4.78 is 44.3. The lowest BCUT2D eigenvalue weighted by Gasteiger charge is -2.22. The van der Waals surface area contributed by atoms with Crippen molar-refractivity contribution >= 4 is 23.5 Å². The topological polar surface area (TPSA) is 121 Å². The third-order valence-electron chi connectivity index (χ3n) is 5.49. The molecule has 0 radical (unpaired) electrons. The average molecular weight is 451 g/mol. The van der Waals surface area contributed by atoms with Crippen LogP contribution in [0.1, 0.15) is 6.92 Å². The Morgan fingerprint density at radius 1 is 1.38 bits per heavy atom. The first kappa shape index (κ1) is 21.8. The highest BCUT2D eigenvalue weighted by atomic mass is 19.3. The average Bonchev–Trinajstić information content (AvgIpc) is 3.30. The number of nitrogens with one attached hydrogen (secondary N) is 1. The van der Waals surface area contributed by atoms with Crippen LogP contribution in [0, 0.1) is 0 Å². The number of aromatic nitrogens is 2. The van der Waals surface area contributed by atoms with Gasteiger partial charge in [0.1, 0.15) is 36.9 Å². The van der Waals surface area contributed by atoms with Crippen molar-refractivity contribution in [3.63, 3.8) is 0 Å². The minimum atomic E-state index is -2.76. The predicted molar refractivity (Wildman–Crippen MR) is 110 cm³/mol. The number of carbonyl (C=O) groups excluding carboxylic acids is 2. The van der Waals surface area contributed by atoms with Crippen molar-refractivity contribution in [2.45, 2.75) is 38.1 Å². The fraction of sp³-hybridized carbons (Fsp3) is 0.450. The van der Waals surface area contributed by atoms with Gasteiger partial charge in [0, 0.05) is 25.1 Å². The molecule has 32 heavy (non-hydrogen) atoms. The highest BCUT2D eigenvalue weighted by molar-refractivity contribution is 5.90. The van der Waals surface area contributed by atoms with Crippen molar-refractivity contribution in [2.75, 3.05) is 30.5 Å².